The van der Waals surface area contributed by atoms with Crippen molar-refractivity contribution in [3.63, 3.8) is 0 Å². The number of methoxy groups -OCH3 is 1. The van der Waals surface area contributed by atoms with Gasteiger partial charge in [-0.25, -0.2) is 0 Å². The van der Waals surface area contributed by atoms with E-state index >= 15 is 0 Å². The zero-order valence-corrected chi connectivity index (χ0v) is 12.7. The lowest BCUT2D eigenvalue weighted by atomic mass is 10.0. The van der Waals surface area contributed by atoms with Gasteiger partial charge in [-0.3, -0.25) is 4.90 Å². The third kappa shape index (κ3) is 3.86. The Morgan fingerprint density at radius 3 is 2.90 bits per heavy atom. The van der Waals surface area contributed by atoms with Crippen molar-refractivity contribution in [1.82, 2.24) is 4.90 Å². The Balaban J connectivity index is 0.00000200. The maximum Gasteiger partial charge on any atom is 0.136 e. The number of nitriles is 1. The van der Waals surface area contributed by atoms with Gasteiger partial charge in [-0.15, -0.1) is 12.4 Å². The first kappa shape index (κ1) is 16.8. The van der Waals surface area contributed by atoms with Crippen molar-refractivity contribution in [3.05, 3.63) is 29.3 Å². The van der Waals surface area contributed by atoms with Crippen molar-refractivity contribution in [2.75, 3.05) is 20.2 Å². The minimum atomic E-state index is 0. The predicted octanol–water partition coefficient (Wildman–Crippen LogP) is 2.30. The molecule has 1 saturated heterocycles. The van der Waals surface area contributed by atoms with Crippen LogP contribution in [0.15, 0.2) is 18.2 Å². The third-order valence-corrected chi connectivity index (χ3v) is 3.79. The van der Waals surface area contributed by atoms with Crippen molar-refractivity contribution in [1.29, 1.82) is 5.26 Å². The SMILES string of the molecule is COc1cc(CN2CCCCC2CN)ccc1C#N.Cl. The maximum atomic E-state index is 8.99. The van der Waals surface area contributed by atoms with Gasteiger partial charge >= 0.3 is 0 Å². The topological polar surface area (TPSA) is 62.3 Å². The summed E-state index contributed by atoms with van der Waals surface area (Å²) < 4.78 is 5.25. The van der Waals surface area contributed by atoms with Gasteiger partial charge in [0.1, 0.15) is 11.8 Å². The van der Waals surface area contributed by atoms with Crippen LogP contribution in [0.4, 0.5) is 0 Å². The molecule has 0 spiro atoms. The molecule has 0 aromatic heterocycles. The van der Waals surface area contributed by atoms with Gasteiger partial charge in [0.15, 0.2) is 0 Å². The van der Waals surface area contributed by atoms with E-state index in [1.165, 1.54) is 24.8 Å². The Hall–Kier alpha value is -1.28. The molecule has 20 heavy (non-hydrogen) atoms. The van der Waals surface area contributed by atoms with Crippen molar-refractivity contribution in [3.8, 4) is 11.8 Å². The number of halogens is 1. The molecular weight excluding hydrogens is 274 g/mol. The largest absolute Gasteiger partial charge is 0.495 e. The second-order valence-corrected chi connectivity index (χ2v) is 5.00. The van der Waals surface area contributed by atoms with Gasteiger partial charge in [0.2, 0.25) is 0 Å². The van der Waals surface area contributed by atoms with E-state index in [4.69, 9.17) is 15.7 Å². The lowest BCUT2D eigenvalue weighted by molar-refractivity contribution is 0.145. The number of benzene rings is 1. The summed E-state index contributed by atoms with van der Waals surface area (Å²) in [4.78, 5) is 2.43. The first-order valence-corrected chi connectivity index (χ1v) is 6.79. The molecule has 0 bridgehead atoms. The molecule has 4 nitrogen and oxygen atoms in total. The van der Waals surface area contributed by atoms with Crippen LogP contribution in [0.1, 0.15) is 30.4 Å². The molecule has 0 aliphatic carbocycles. The number of likely N-dealkylation sites (tertiary alicyclic amines) is 1. The van der Waals surface area contributed by atoms with Crippen LogP contribution >= 0.6 is 12.4 Å². The highest BCUT2D eigenvalue weighted by Crippen LogP contribution is 2.23. The maximum absolute atomic E-state index is 8.99. The average molecular weight is 296 g/mol. The number of ether oxygens (including phenoxy) is 1. The number of rotatable bonds is 4. The molecule has 1 aliphatic rings. The van der Waals surface area contributed by atoms with E-state index in [0.717, 1.165) is 13.1 Å². The fourth-order valence-corrected chi connectivity index (χ4v) is 2.70. The highest BCUT2D eigenvalue weighted by molar-refractivity contribution is 5.85. The van der Waals surface area contributed by atoms with Crippen LogP contribution in [0, 0.1) is 11.3 Å². The van der Waals surface area contributed by atoms with Gasteiger partial charge < -0.3 is 10.5 Å². The quantitative estimate of drug-likeness (QED) is 0.926. The Labute approximate surface area is 126 Å². The first-order valence-electron chi connectivity index (χ1n) is 6.79. The number of hydrogen-bond donors (Lipinski definition) is 1. The van der Waals surface area contributed by atoms with E-state index in [0.29, 0.717) is 23.9 Å². The van der Waals surface area contributed by atoms with Crippen LogP contribution in [0.3, 0.4) is 0 Å². The summed E-state index contributed by atoms with van der Waals surface area (Å²) in [6, 6.07) is 8.41. The van der Waals surface area contributed by atoms with Crippen LogP contribution < -0.4 is 10.5 Å². The molecule has 1 aromatic rings. The van der Waals surface area contributed by atoms with Crippen molar-refractivity contribution < 1.29 is 4.74 Å². The van der Waals surface area contributed by atoms with Crippen LogP contribution in [0.5, 0.6) is 5.75 Å². The van der Waals surface area contributed by atoms with E-state index in [-0.39, 0.29) is 12.4 Å². The van der Waals surface area contributed by atoms with Gasteiger partial charge in [-0.05, 0) is 37.1 Å². The molecule has 1 atom stereocenters. The molecule has 1 fully saturated rings. The molecule has 0 amide bonds. The van der Waals surface area contributed by atoms with Gasteiger partial charge in [-0.1, -0.05) is 12.5 Å². The summed E-state index contributed by atoms with van der Waals surface area (Å²) in [5.74, 6) is 0.654. The van der Waals surface area contributed by atoms with Crippen LogP contribution in [-0.4, -0.2) is 31.1 Å². The molecule has 2 rings (SSSR count). The van der Waals surface area contributed by atoms with E-state index < -0.39 is 0 Å². The summed E-state index contributed by atoms with van der Waals surface area (Å²) in [7, 11) is 1.60. The monoisotopic (exact) mass is 295 g/mol. The minimum Gasteiger partial charge on any atom is -0.495 e. The Kier molecular flexibility index (Phi) is 6.80. The summed E-state index contributed by atoms with van der Waals surface area (Å²) in [5, 5.41) is 8.99. The predicted molar refractivity (Wildman–Crippen MR) is 82.1 cm³/mol. The number of piperidine rings is 1. The number of hydrogen-bond acceptors (Lipinski definition) is 4. The third-order valence-electron chi connectivity index (χ3n) is 3.79. The molecule has 1 aromatic carbocycles. The molecule has 0 saturated carbocycles. The smallest absolute Gasteiger partial charge is 0.136 e. The zero-order valence-electron chi connectivity index (χ0n) is 11.8. The molecule has 110 valence electrons. The lowest BCUT2D eigenvalue weighted by Gasteiger charge is -2.35. The second-order valence-electron chi connectivity index (χ2n) is 5.00. The molecule has 1 unspecified atom stereocenters. The second kappa shape index (κ2) is 8.11. The molecule has 1 heterocycles. The normalized spacial score (nSPS) is 18.9. The minimum absolute atomic E-state index is 0. The van der Waals surface area contributed by atoms with Crippen molar-refractivity contribution in [2.45, 2.75) is 31.8 Å². The fraction of sp³-hybridized carbons (Fsp3) is 0.533. The van der Waals surface area contributed by atoms with Crippen LogP contribution in [-0.2, 0) is 6.54 Å². The highest BCUT2D eigenvalue weighted by Gasteiger charge is 2.21. The average Bonchev–Trinajstić information content (AvgIpc) is 2.47. The van der Waals surface area contributed by atoms with Crippen LogP contribution in [0.25, 0.3) is 0 Å². The number of nitrogens with two attached hydrogens (primary N) is 1. The van der Waals surface area contributed by atoms with Crippen molar-refractivity contribution >= 4 is 12.4 Å². The van der Waals surface area contributed by atoms with Crippen LogP contribution in [0.2, 0.25) is 0 Å². The van der Waals surface area contributed by atoms with E-state index in [1.807, 2.05) is 18.2 Å². The van der Waals surface area contributed by atoms with Gasteiger partial charge in [-0.2, -0.15) is 5.26 Å². The van der Waals surface area contributed by atoms with E-state index in [1.54, 1.807) is 7.11 Å². The molecule has 2 N–H and O–H groups in total. The molecule has 0 radical (unpaired) electrons. The Morgan fingerprint density at radius 1 is 1.45 bits per heavy atom. The standard InChI is InChI=1S/C15H21N3O.ClH/c1-19-15-8-12(5-6-13(15)9-16)11-18-7-3-2-4-14(18)10-17;/h5-6,8,14H,2-4,7,10-11,17H2,1H3;1H. The summed E-state index contributed by atoms with van der Waals surface area (Å²) >= 11 is 0. The van der Waals surface area contributed by atoms with E-state index in [9.17, 15) is 0 Å². The summed E-state index contributed by atoms with van der Waals surface area (Å²) in [5.41, 5.74) is 7.60. The highest BCUT2D eigenvalue weighted by atomic mass is 35.5. The van der Waals surface area contributed by atoms with Gasteiger partial charge in [0, 0.05) is 19.1 Å². The van der Waals surface area contributed by atoms with Gasteiger partial charge in [0.25, 0.3) is 0 Å². The molecule has 1 aliphatic heterocycles. The fourth-order valence-electron chi connectivity index (χ4n) is 2.70. The summed E-state index contributed by atoms with van der Waals surface area (Å²) in [6.07, 6.45) is 3.70. The lowest BCUT2D eigenvalue weighted by Crippen LogP contribution is -2.43. The molecular formula is C15H22ClN3O. The zero-order chi connectivity index (χ0) is 13.7. The first-order chi connectivity index (χ1) is 9.28. The summed E-state index contributed by atoms with van der Waals surface area (Å²) in [6.45, 7) is 2.70. The van der Waals surface area contributed by atoms with E-state index in [2.05, 4.69) is 11.0 Å². The Morgan fingerprint density at radius 2 is 2.25 bits per heavy atom. The van der Waals surface area contributed by atoms with Gasteiger partial charge in [0.05, 0.1) is 12.7 Å². The number of nitrogens with zero attached hydrogens (tertiary/aromatic N) is 2. The molecule has 5 heteroatoms. The van der Waals surface area contributed by atoms with Crippen molar-refractivity contribution in [2.24, 2.45) is 5.73 Å². The Bertz CT molecular complexity index is 473.